The molecule has 3 heteroatoms. The molecule has 16 heavy (non-hydrogen) atoms. The number of carbonyl (C=O) groups excluding carboxylic acids is 1. The molecule has 0 saturated carbocycles. The van der Waals surface area contributed by atoms with Crippen LogP contribution in [0.3, 0.4) is 0 Å². The largest absolute Gasteiger partial charge is 0.305 e. The van der Waals surface area contributed by atoms with E-state index in [1.165, 1.54) is 0 Å². The van der Waals surface area contributed by atoms with E-state index in [0.717, 1.165) is 25.8 Å². The second-order valence-electron chi connectivity index (χ2n) is 4.27. The molecule has 1 aromatic carbocycles. The number of ketones is 1. The normalized spacial score (nSPS) is 24.6. The van der Waals surface area contributed by atoms with Gasteiger partial charge >= 0.3 is 0 Å². The van der Waals surface area contributed by atoms with Gasteiger partial charge in [-0.3, -0.25) is 4.79 Å². The summed E-state index contributed by atoms with van der Waals surface area (Å²) < 4.78 is 0. The van der Waals surface area contributed by atoms with Crippen molar-refractivity contribution in [2.75, 3.05) is 6.54 Å². The molecule has 1 unspecified atom stereocenters. The fourth-order valence-electron chi connectivity index (χ4n) is 2.37. The number of nitrogens with one attached hydrogen (secondary N) is 1. The standard InChI is InChI=1S/C13H16ClNO/c1-2-13(8-5-9-15-13)12(16)10-6-3-4-7-11(10)14/h3-4,6-7,15H,2,5,8-9H2,1H3. The van der Waals surface area contributed by atoms with Gasteiger partial charge < -0.3 is 5.32 Å². The smallest absolute Gasteiger partial charge is 0.184 e. The van der Waals surface area contributed by atoms with Crippen LogP contribution in [0.1, 0.15) is 36.5 Å². The summed E-state index contributed by atoms with van der Waals surface area (Å²) in [5.74, 6) is 0.137. The van der Waals surface area contributed by atoms with Crippen LogP contribution >= 0.6 is 11.6 Å². The monoisotopic (exact) mass is 237 g/mol. The maximum absolute atomic E-state index is 12.5. The molecule has 1 aromatic rings. The van der Waals surface area contributed by atoms with E-state index in [-0.39, 0.29) is 11.3 Å². The molecule has 1 N–H and O–H groups in total. The van der Waals surface area contributed by atoms with Crippen molar-refractivity contribution in [1.82, 2.24) is 5.32 Å². The summed E-state index contributed by atoms with van der Waals surface area (Å²) in [4.78, 5) is 12.5. The molecule has 2 nitrogen and oxygen atoms in total. The van der Waals surface area contributed by atoms with Crippen molar-refractivity contribution in [2.45, 2.75) is 31.7 Å². The summed E-state index contributed by atoms with van der Waals surface area (Å²) >= 11 is 6.07. The predicted octanol–water partition coefficient (Wildman–Crippen LogP) is 3.05. The summed E-state index contributed by atoms with van der Waals surface area (Å²) in [5, 5.41) is 3.89. The minimum atomic E-state index is -0.384. The first-order valence-electron chi connectivity index (χ1n) is 5.74. The lowest BCUT2D eigenvalue weighted by Crippen LogP contribution is -2.47. The van der Waals surface area contributed by atoms with Crippen LogP contribution in [0, 0.1) is 0 Å². The fourth-order valence-corrected chi connectivity index (χ4v) is 2.59. The molecular weight excluding hydrogens is 222 g/mol. The molecule has 1 fully saturated rings. The zero-order chi connectivity index (χ0) is 11.6. The van der Waals surface area contributed by atoms with Crippen LogP contribution < -0.4 is 5.32 Å². The van der Waals surface area contributed by atoms with Crippen molar-refractivity contribution >= 4 is 17.4 Å². The van der Waals surface area contributed by atoms with Gasteiger partial charge in [0.1, 0.15) is 0 Å². The highest BCUT2D eigenvalue weighted by Crippen LogP contribution is 2.29. The third-order valence-electron chi connectivity index (χ3n) is 3.40. The second kappa shape index (κ2) is 4.56. The molecule has 2 rings (SSSR count). The molecule has 1 aliphatic rings. The fraction of sp³-hybridized carbons (Fsp3) is 0.462. The Morgan fingerprint density at radius 2 is 2.25 bits per heavy atom. The van der Waals surface area contributed by atoms with Crippen LogP contribution in [-0.2, 0) is 0 Å². The van der Waals surface area contributed by atoms with Gasteiger partial charge in [-0.25, -0.2) is 0 Å². The van der Waals surface area contributed by atoms with E-state index in [9.17, 15) is 4.79 Å². The van der Waals surface area contributed by atoms with Gasteiger partial charge in [0.2, 0.25) is 0 Å². The van der Waals surface area contributed by atoms with Crippen LogP contribution in [0.25, 0.3) is 0 Å². The summed E-state index contributed by atoms with van der Waals surface area (Å²) in [5.41, 5.74) is 0.255. The van der Waals surface area contributed by atoms with Crippen molar-refractivity contribution in [3.8, 4) is 0 Å². The van der Waals surface area contributed by atoms with Gasteiger partial charge in [-0.1, -0.05) is 30.7 Å². The Bertz CT molecular complexity index is 397. The molecule has 0 radical (unpaired) electrons. The van der Waals surface area contributed by atoms with E-state index >= 15 is 0 Å². The Hall–Kier alpha value is -0.860. The van der Waals surface area contributed by atoms with Crippen molar-refractivity contribution < 1.29 is 4.79 Å². The number of rotatable bonds is 3. The van der Waals surface area contributed by atoms with Crippen LogP contribution in [0.4, 0.5) is 0 Å². The van der Waals surface area contributed by atoms with Crippen LogP contribution in [0.2, 0.25) is 5.02 Å². The van der Waals surface area contributed by atoms with Gasteiger partial charge in [0.25, 0.3) is 0 Å². The number of halogens is 1. The van der Waals surface area contributed by atoms with Gasteiger partial charge in [-0.2, -0.15) is 0 Å². The predicted molar refractivity (Wildman–Crippen MR) is 66.0 cm³/mol. The number of carbonyl (C=O) groups is 1. The molecule has 0 spiro atoms. The van der Waals surface area contributed by atoms with Crippen molar-refractivity contribution in [2.24, 2.45) is 0 Å². The van der Waals surface area contributed by atoms with Gasteiger partial charge in [0.05, 0.1) is 10.6 Å². The summed E-state index contributed by atoms with van der Waals surface area (Å²) in [6.07, 6.45) is 2.79. The number of benzene rings is 1. The van der Waals surface area contributed by atoms with E-state index in [1.54, 1.807) is 6.07 Å². The van der Waals surface area contributed by atoms with Crippen molar-refractivity contribution in [3.63, 3.8) is 0 Å². The van der Waals surface area contributed by atoms with E-state index in [1.807, 2.05) is 25.1 Å². The summed E-state index contributed by atoms with van der Waals surface area (Å²) in [6.45, 7) is 2.97. The average molecular weight is 238 g/mol. The van der Waals surface area contributed by atoms with Gasteiger partial charge in [-0.05, 0) is 37.9 Å². The summed E-state index contributed by atoms with van der Waals surface area (Å²) in [7, 11) is 0. The van der Waals surface area contributed by atoms with Crippen LogP contribution in [-0.4, -0.2) is 17.9 Å². The third kappa shape index (κ3) is 1.87. The van der Waals surface area contributed by atoms with E-state index in [0.29, 0.717) is 10.6 Å². The number of hydrogen-bond donors (Lipinski definition) is 1. The van der Waals surface area contributed by atoms with E-state index < -0.39 is 0 Å². The van der Waals surface area contributed by atoms with Gasteiger partial charge in [0, 0.05) is 5.56 Å². The zero-order valence-corrected chi connectivity index (χ0v) is 10.2. The zero-order valence-electron chi connectivity index (χ0n) is 9.42. The van der Waals surface area contributed by atoms with Crippen LogP contribution in [0.15, 0.2) is 24.3 Å². The molecule has 1 saturated heterocycles. The second-order valence-corrected chi connectivity index (χ2v) is 4.68. The molecule has 0 amide bonds. The molecule has 0 aliphatic carbocycles. The minimum absolute atomic E-state index is 0.137. The Balaban J connectivity index is 2.34. The summed E-state index contributed by atoms with van der Waals surface area (Å²) in [6, 6.07) is 7.28. The maximum Gasteiger partial charge on any atom is 0.184 e. The molecule has 1 atom stereocenters. The van der Waals surface area contributed by atoms with Crippen LogP contribution in [0.5, 0.6) is 0 Å². The Kier molecular flexibility index (Phi) is 3.31. The van der Waals surface area contributed by atoms with E-state index in [2.05, 4.69) is 5.32 Å². The molecular formula is C13H16ClNO. The maximum atomic E-state index is 12.5. The molecule has 1 heterocycles. The average Bonchev–Trinajstić information content (AvgIpc) is 2.78. The van der Waals surface area contributed by atoms with Gasteiger partial charge in [0.15, 0.2) is 5.78 Å². The Morgan fingerprint density at radius 1 is 1.50 bits per heavy atom. The lowest BCUT2D eigenvalue weighted by Gasteiger charge is -2.26. The highest BCUT2D eigenvalue weighted by molar-refractivity contribution is 6.34. The first-order valence-corrected chi connectivity index (χ1v) is 6.12. The molecule has 0 aromatic heterocycles. The van der Waals surface area contributed by atoms with Crippen molar-refractivity contribution in [3.05, 3.63) is 34.9 Å². The molecule has 86 valence electrons. The van der Waals surface area contributed by atoms with Crippen molar-refractivity contribution in [1.29, 1.82) is 0 Å². The SMILES string of the molecule is CCC1(C(=O)c2ccccc2Cl)CCCN1. The highest BCUT2D eigenvalue weighted by Gasteiger charge is 2.39. The molecule has 0 bridgehead atoms. The number of hydrogen-bond acceptors (Lipinski definition) is 2. The molecule has 1 aliphatic heterocycles. The van der Waals surface area contributed by atoms with Gasteiger partial charge in [-0.15, -0.1) is 0 Å². The lowest BCUT2D eigenvalue weighted by molar-refractivity contribution is 0.0864. The topological polar surface area (TPSA) is 29.1 Å². The Labute approximate surface area is 101 Å². The quantitative estimate of drug-likeness (QED) is 0.819. The Morgan fingerprint density at radius 3 is 2.81 bits per heavy atom. The number of Topliss-reactive ketones (excluding diaryl/α,β-unsaturated/α-hetero) is 1. The lowest BCUT2D eigenvalue weighted by atomic mass is 9.85. The first-order chi connectivity index (χ1) is 7.69. The first kappa shape index (κ1) is 11.6. The minimum Gasteiger partial charge on any atom is -0.305 e. The van der Waals surface area contributed by atoms with E-state index in [4.69, 9.17) is 11.6 Å². The highest BCUT2D eigenvalue weighted by atomic mass is 35.5. The third-order valence-corrected chi connectivity index (χ3v) is 3.73.